The highest BCUT2D eigenvalue weighted by atomic mass is 16.5. The summed E-state index contributed by atoms with van der Waals surface area (Å²) in [5.74, 6) is 0.861. The van der Waals surface area contributed by atoms with E-state index in [-0.39, 0.29) is 0 Å². The maximum atomic E-state index is 11.1. The molecule has 0 radical (unpaired) electrons. The maximum absolute atomic E-state index is 11.1. The Hall–Kier alpha value is -7.68. The van der Waals surface area contributed by atoms with Crippen LogP contribution >= 0.6 is 0 Å². The highest BCUT2D eigenvalue weighted by Gasteiger charge is 2.03. The first-order valence-electron chi connectivity index (χ1n) is 20.0. The lowest BCUT2D eigenvalue weighted by Crippen LogP contribution is -2.04. The first-order valence-corrected chi connectivity index (χ1v) is 20.0. The second kappa shape index (κ2) is 30.4. The number of hydrogen-bond donors (Lipinski definition) is 0. The molecule has 15 nitrogen and oxygen atoms in total. The molecule has 0 N–H and O–H groups in total. The first kappa shape index (κ1) is 49.7. The number of nitrogens with zero attached hydrogens (tertiary/aromatic N) is 4. The molecule has 0 unspecified atom stereocenters. The van der Waals surface area contributed by atoms with Gasteiger partial charge in [-0.3, -0.25) is 0 Å². The molecule has 0 aromatic heterocycles. The zero-order valence-electron chi connectivity index (χ0n) is 35.1. The molecule has 330 valence electrons. The molecule has 0 spiro atoms. The summed E-state index contributed by atoms with van der Waals surface area (Å²) in [6.45, 7) is 16.0. The molecular weight excluding hydrogens is 809 g/mol. The van der Waals surface area contributed by atoms with Gasteiger partial charge in [0.05, 0.1) is 62.4 Å². The van der Waals surface area contributed by atoms with Gasteiger partial charge in [-0.15, -0.1) is 0 Å². The van der Waals surface area contributed by atoms with E-state index in [2.05, 4.69) is 46.8 Å². The lowest BCUT2D eigenvalue weighted by Gasteiger charge is -2.06. The van der Waals surface area contributed by atoms with Crippen LogP contribution in [0.3, 0.4) is 0 Å². The molecule has 0 aliphatic heterocycles. The molecule has 63 heavy (non-hydrogen) atoms. The van der Waals surface area contributed by atoms with Crippen molar-refractivity contribution in [1.82, 2.24) is 0 Å². The van der Waals surface area contributed by atoms with Crippen LogP contribution in [0.15, 0.2) is 168 Å². The van der Waals surface area contributed by atoms with Crippen LogP contribution in [-0.4, -0.2) is 63.5 Å². The summed E-state index contributed by atoms with van der Waals surface area (Å²) in [5, 5.41) is 16.8. The second-order valence-electron chi connectivity index (χ2n) is 12.8. The summed E-state index contributed by atoms with van der Waals surface area (Å²) in [6, 6.07) is 28.5. The maximum Gasteiger partial charge on any atom is 0.335 e. The van der Waals surface area contributed by atoms with Crippen LogP contribution in [0, 0.1) is 0 Å². The van der Waals surface area contributed by atoms with Crippen LogP contribution < -0.4 is 18.9 Å². The quantitative estimate of drug-likeness (QED) is 0.0139. The summed E-state index contributed by atoms with van der Waals surface area (Å²) in [5.41, 5.74) is 2.72. The minimum atomic E-state index is -0.516. The summed E-state index contributed by atoms with van der Waals surface area (Å²) >= 11 is 0. The molecule has 0 aliphatic rings. The number of esters is 4. The predicted molar refractivity (Wildman–Crippen MR) is 238 cm³/mol. The summed E-state index contributed by atoms with van der Waals surface area (Å²) in [6.07, 6.45) is 9.03. The zero-order chi connectivity index (χ0) is 45.3. The van der Waals surface area contributed by atoms with Crippen LogP contribution in [0.1, 0.15) is 38.5 Å². The molecule has 15 heteroatoms. The van der Waals surface area contributed by atoms with Crippen molar-refractivity contribution < 1.29 is 52.3 Å². The molecule has 0 atom stereocenters. The van der Waals surface area contributed by atoms with Crippen LogP contribution in [0.25, 0.3) is 0 Å². The smallest absolute Gasteiger partial charge is 0.335 e. The second-order valence-corrected chi connectivity index (χ2v) is 12.8. The van der Waals surface area contributed by atoms with Gasteiger partial charge in [-0.05, 0) is 136 Å². The lowest BCUT2D eigenvalue weighted by molar-refractivity contribution is -0.138. The number of hydrogen-bond acceptors (Lipinski definition) is 15. The third-order valence-electron chi connectivity index (χ3n) is 7.95. The van der Waals surface area contributed by atoms with E-state index >= 15 is 0 Å². The Morgan fingerprint density at radius 3 is 0.841 bits per heavy atom. The van der Waals surface area contributed by atoms with Crippen LogP contribution in [-0.2, 0) is 33.4 Å². The van der Waals surface area contributed by atoms with Crippen LogP contribution in [0.2, 0.25) is 0 Å². The number of rotatable bonds is 27. The Morgan fingerprint density at radius 2 is 0.587 bits per heavy atom. The number of carbonyl (C=O) groups is 4. The van der Waals surface area contributed by atoms with Gasteiger partial charge in [0, 0.05) is 24.3 Å². The molecule has 0 fully saturated rings. The zero-order valence-corrected chi connectivity index (χ0v) is 35.1. The van der Waals surface area contributed by atoms with Crippen molar-refractivity contribution in [1.29, 1.82) is 0 Å². The highest BCUT2D eigenvalue weighted by Crippen LogP contribution is 2.25. The fraction of sp³-hybridized carbons (Fsp3) is 0.250. The fourth-order valence-electron chi connectivity index (χ4n) is 4.67. The van der Waals surface area contributed by atoms with E-state index in [4.69, 9.17) is 33.2 Å². The minimum Gasteiger partial charge on any atom is -0.494 e. The van der Waals surface area contributed by atoms with Crippen molar-refractivity contribution in [2.45, 2.75) is 38.5 Å². The van der Waals surface area contributed by atoms with Crippen molar-refractivity contribution >= 4 is 46.6 Å². The van der Waals surface area contributed by atoms with Gasteiger partial charge in [-0.25, -0.2) is 19.2 Å². The van der Waals surface area contributed by atoms with Gasteiger partial charge in [0.1, 0.15) is 23.0 Å². The van der Waals surface area contributed by atoms with Gasteiger partial charge in [-0.2, -0.15) is 20.5 Å². The van der Waals surface area contributed by atoms with Gasteiger partial charge >= 0.3 is 23.9 Å². The Balaban J connectivity index is 0.000000340. The SMILES string of the molecule is C=CC(=O)OCCCCOc1ccc(N=Nc2ccc(OC(=O)C=C)cc2)cc1.C=CC(=O)OCCCCOc1ccc(N=Nc2ccc(OCCCCOC(=O)C=C)cc2)cc1. The topological polar surface area (TPSA) is 182 Å². The molecule has 0 bridgehead atoms. The number of unbranched alkanes of at least 4 members (excludes halogenated alkanes) is 3. The van der Waals surface area contributed by atoms with Crippen LogP contribution in [0.5, 0.6) is 23.0 Å². The molecule has 0 aliphatic carbocycles. The minimum absolute atomic E-state index is 0.352. The fourth-order valence-corrected chi connectivity index (χ4v) is 4.67. The van der Waals surface area contributed by atoms with E-state index in [0.29, 0.717) is 68.1 Å². The standard InChI is InChI=1S/C26H30N2O6.C22H22N2O5/c1-3-25(29)33-19-7-5-17-31-23-13-9-21(10-14-23)27-28-22-11-15-24(16-12-22)32-18-6-8-20-34-26(30)4-2;1-3-21(25)28-16-6-5-15-27-19-11-7-17(8-12-19)23-24-18-9-13-20(14-10-18)29-22(26)4-2/h3-4,9-16H,1-2,5-8,17-20H2;3-4,7-14H,1-2,5-6,15-16H2. The Kier molecular flexibility index (Phi) is 23.9. The van der Waals surface area contributed by atoms with E-state index in [1.54, 1.807) is 36.4 Å². The van der Waals surface area contributed by atoms with Gasteiger partial charge in [0.25, 0.3) is 0 Å². The van der Waals surface area contributed by atoms with Crippen molar-refractivity contribution in [3.05, 3.63) is 148 Å². The van der Waals surface area contributed by atoms with E-state index in [9.17, 15) is 19.2 Å². The predicted octanol–water partition coefficient (Wildman–Crippen LogP) is 11.0. The lowest BCUT2D eigenvalue weighted by atomic mass is 10.3. The molecule has 4 rings (SSSR count). The normalized spacial score (nSPS) is 10.4. The van der Waals surface area contributed by atoms with E-state index in [1.165, 1.54) is 0 Å². The number of carbonyl (C=O) groups excluding carboxylic acids is 4. The van der Waals surface area contributed by atoms with Crippen molar-refractivity contribution in [3.8, 4) is 23.0 Å². The molecule has 0 heterocycles. The van der Waals surface area contributed by atoms with E-state index < -0.39 is 23.9 Å². The number of benzene rings is 4. The molecule has 4 aromatic rings. The highest BCUT2D eigenvalue weighted by molar-refractivity contribution is 5.83. The third kappa shape index (κ3) is 22.5. The average molecular weight is 861 g/mol. The summed E-state index contributed by atoms with van der Waals surface area (Å²) in [7, 11) is 0. The Labute approximate surface area is 367 Å². The molecule has 0 saturated heterocycles. The van der Waals surface area contributed by atoms with Gasteiger partial charge < -0.3 is 33.2 Å². The molecule has 4 aromatic carbocycles. The molecule has 0 saturated carbocycles. The Bertz CT molecular complexity index is 2020. The van der Waals surface area contributed by atoms with Crippen molar-refractivity contribution in [2.24, 2.45) is 20.5 Å². The van der Waals surface area contributed by atoms with E-state index in [1.807, 2.05) is 60.7 Å². The summed E-state index contributed by atoms with van der Waals surface area (Å²) in [4.78, 5) is 43.9. The van der Waals surface area contributed by atoms with Crippen molar-refractivity contribution in [2.75, 3.05) is 39.6 Å². The monoisotopic (exact) mass is 860 g/mol. The third-order valence-corrected chi connectivity index (χ3v) is 7.95. The van der Waals surface area contributed by atoms with Gasteiger partial charge in [0.15, 0.2) is 0 Å². The molecular formula is C48H52N4O11. The van der Waals surface area contributed by atoms with Crippen LogP contribution in [0.4, 0.5) is 22.7 Å². The Morgan fingerprint density at radius 1 is 0.349 bits per heavy atom. The number of ether oxygens (including phenoxy) is 7. The first-order chi connectivity index (χ1) is 30.7. The average Bonchev–Trinajstić information content (AvgIpc) is 3.32. The van der Waals surface area contributed by atoms with Gasteiger partial charge in [-0.1, -0.05) is 26.3 Å². The molecule has 0 amide bonds. The van der Waals surface area contributed by atoms with E-state index in [0.717, 1.165) is 80.1 Å². The largest absolute Gasteiger partial charge is 0.494 e. The number of azo groups is 2. The van der Waals surface area contributed by atoms with Gasteiger partial charge in [0.2, 0.25) is 0 Å². The summed E-state index contributed by atoms with van der Waals surface area (Å²) < 4.78 is 36.7. The van der Waals surface area contributed by atoms with Crippen molar-refractivity contribution in [3.63, 3.8) is 0 Å².